The van der Waals surface area contributed by atoms with Crippen molar-refractivity contribution < 1.29 is 9.53 Å². The summed E-state index contributed by atoms with van der Waals surface area (Å²) >= 11 is 1.72. The van der Waals surface area contributed by atoms with Crippen LogP contribution in [0.4, 0.5) is 0 Å². The van der Waals surface area contributed by atoms with Crippen molar-refractivity contribution in [2.24, 2.45) is 0 Å². The van der Waals surface area contributed by atoms with Gasteiger partial charge in [-0.25, -0.2) is 4.79 Å². The lowest BCUT2D eigenvalue weighted by atomic mass is 10.0. The van der Waals surface area contributed by atoms with Crippen molar-refractivity contribution in [2.75, 3.05) is 7.11 Å². The summed E-state index contributed by atoms with van der Waals surface area (Å²) < 4.78 is 4.74. The van der Waals surface area contributed by atoms with Gasteiger partial charge in [-0.15, -0.1) is 0 Å². The summed E-state index contributed by atoms with van der Waals surface area (Å²) in [6, 6.07) is 5.41. The monoisotopic (exact) mass is 261 g/mol. The number of carbonyl (C=O) groups is 1. The Kier molecular flexibility index (Phi) is 2.63. The average Bonchev–Trinajstić information content (AvgIpc) is 2.87. The SMILES string of the molecule is COC(=O)c1cccc2c3c(c(=O)[nH]c12)CSC3. The average molecular weight is 261 g/mol. The Morgan fingerprint density at radius 1 is 1.33 bits per heavy atom. The molecule has 92 valence electrons. The summed E-state index contributed by atoms with van der Waals surface area (Å²) in [6.07, 6.45) is 0. The number of thioether (sulfide) groups is 1. The van der Waals surface area contributed by atoms with Crippen LogP contribution < -0.4 is 5.56 Å². The van der Waals surface area contributed by atoms with E-state index in [0.29, 0.717) is 11.1 Å². The van der Waals surface area contributed by atoms with Gasteiger partial charge >= 0.3 is 5.97 Å². The van der Waals surface area contributed by atoms with Crippen molar-refractivity contribution >= 4 is 28.6 Å². The zero-order chi connectivity index (χ0) is 12.7. The van der Waals surface area contributed by atoms with Crippen molar-refractivity contribution in [1.29, 1.82) is 0 Å². The van der Waals surface area contributed by atoms with Crippen LogP contribution in [0, 0.1) is 0 Å². The molecule has 1 aliphatic heterocycles. The predicted molar refractivity (Wildman–Crippen MR) is 70.9 cm³/mol. The van der Waals surface area contributed by atoms with E-state index in [4.69, 9.17) is 4.74 Å². The molecule has 0 saturated heterocycles. The lowest BCUT2D eigenvalue weighted by molar-refractivity contribution is 0.0603. The second kappa shape index (κ2) is 4.17. The van der Waals surface area contributed by atoms with E-state index in [2.05, 4.69) is 4.98 Å². The second-order valence-electron chi connectivity index (χ2n) is 4.12. The Morgan fingerprint density at radius 3 is 2.89 bits per heavy atom. The van der Waals surface area contributed by atoms with Gasteiger partial charge < -0.3 is 9.72 Å². The first-order valence-electron chi connectivity index (χ1n) is 5.55. The summed E-state index contributed by atoms with van der Waals surface area (Å²) in [7, 11) is 1.34. The summed E-state index contributed by atoms with van der Waals surface area (Å²) in [5.41, 5.74) is 2.76. The van der Waals surface area contributed by atoms with Crippen LogP contribution in [0.15, 0.2) is 23.0 Å². The minimum Gasteiger partial charge on any atom is -0.465 e. The Bertz CT molecular complexity index is 705. The minimum absolute atomic E-state index is 0.0983. The van der Waals surface area contributed by atoms with Crippen molar-refractivity contribution in [3.63, 3.8) is 0 Å². The van der Waals surface area contributed by atoms with Gasteiger partial charge in [0, 0.05) is 22.5 Å². The van der Waals surface area contributed by atoms with Crippen molar-refractivity contribution in [3.8, 4) is 0 Å². The van der Waals surface area contributed by atoms with Gasteiger partial charge in [-0.2, -0.15) is 11.8 Å². The van der Waals surface area contributed by atoms with Gasteiger partial charge in [0.05, 0.1) is 18.2 Å². The van der Waals surface area contributed by atoms with Crippen LogP contribution in [0.5, 0.6) is 0 Å². The smallest absolute Gasteiger partial charge is 0.339 e. The van der Waals surface area contributed by atoms with Gasteiger partial charge in [0.2, 0.25) is 0 Å². The van der Waals surface area contributed by atoms with E-state index in [-0.39, 0.29) is 5.56 Å². The van der Waals surface area contributed by atoms with E-state index in [1.807, 2.05) is 12.1 Å². The molecule has 0 atom stereocenters. The highest BCUT2D eigenvalue weighted by molar-refractivity contribution is 7.98. The number of esters is 1. The van der Waals surface area contributed by atoms with Gasteiger partial charge in [-0.3, -0.25) is 4.79 Å². The highest BCUT2D eigenvalue weighted by atomic mass is 32.2. The lowest BCUT2D eigenvalue weighted by Crippen LogP contribution is -2.14. The molecule has 2 heterocycles. The summed E-state index contributed by atoms with van der Waals surface area (Å²) in [6.45, 7) is 0. The molecule has 0 unspecified atom stereocenters. The maximum atomic E-state index is 12.0. The Labute approximate surface area is 107 Å². The molecule has 0 fully saturated rings. The maximum absolute atomic E-state index is 12.0. The van der Waals surface area contributed by atoms with Crippen LogP contribution in [0.2, 0.25) is 0 Å². The Hall–Kier alpha value is -1.75. The molecule has 3 rings (SSSR count). The third-order valence-electron chi connectivity index (χ3n) is 3.16. The molecule has 1 N–H and O–H groups in total. The predicted octanol–water partition coefficient (Wildman–Crippen LogP) is 2.06. The second-order valence-corrected chi connectivity index (χ2v) is 5.11. The van der Waals surface area contributed by atoms with Crippen molar-refractivity contribution in [3.05, 3.63) is 45.2 Å². The molecule has 0 aliphatic carbocycles. The van der Waals surface area contributed by atoms with E-state index in [0.717, 1.165) is 28.0 Å². The van der Waals surface area contributed by atoms with Crippen molar-refractivity contribution in [1.82, 2.24) is 4.98 Å². The number of hydrogen-bond acceptors (Lipinski definition) is 4. The molecule has 5 heteroatoms. The number of ether oxygens (including phenoxy) is 1. The largest absolute Gasteiger partial charge is 0.465 e. The fraction of sp³-hybridized carbons (Fsp3) is 0.231. The molecule has 4 nitrogen and oxygen atoms in total. The lowest BCUT2D eigenvalue weighted by Gasteiger charge is -2.08. The van der Waals surface area contributed by atoms with Crippen LogP contribution >= 0.6 is 11.8 Å². The minimum atomic E-state index is -0.429. The number of methoxy groups -OCH3 is 1. The number of rotatable bonds is 1. The highest BCUT2D eigenvalue weighted by Crippen LogP contribution is 2.33. The van der Waals surface area contributed by atoms with E-state index in [1.54, 1.807) is 17.8 Å². The van der Waals surface area contributed by atoms with Gasteiger partial charge in [0.1, 0.15) is 0 Å². The van der Waals surface area contributed by atoms with Crippen LogP contribution in [-0.2, 0) is 16.2 Å². The van der Waals surface area contributed by atoms with Gasteiger partial charge in [-0.1, -0.05) is 12.1 Å². The number of aromatic nitrogens is 1. The maximum Gasteiger partial charge on any atom is 0.339 e. The van der Waals surface area contributed by atoms with E-state index in [9.17, 15) is 9.59 Å². The number of aromatic amines is 1. The number of fused-ring (bicyclic) bond motifs is 3. The molecule has 1 aromatic heterocycles. The molecular weight excluding hydrogens is 250 g/mol. The van der Waals surface area contributed by atoms with Crippen LogP contribution in [0.3, 0.4) is 0 Å². The number of hydrogen-bond donors (Lipinski definition) is 1. The first-order valence-corrected chi connectivity index (χ1v) is 6.70. The molecule has 1 aliphatic rings. The first-order chi connectivity index (χ1) is 8.72. The molecule has 0 radical (unpaired) electrons. The standard InChI is InChI=1S/C13H11NO3S/c1-17-13(16)8-4-2-3-7-9-5-18-6-10(9)12(15)14-11(7)8/h2-4H,5-6H2,1H3,(H,14,15). The zero-order valence-corrected chi connectivity index (χ0v) is 10.6. The molecule has 2 aromatic rings. The number of pyridine rings is 1. The Balaban J connectivity index is 2.40. The van der Waals surface area contributed by atoms with E-state index >= 15 is 0 Å². The van der Waals surface area contributed by atoms with E-state index < -0.39 is 5.97 Å². The molecule has 0 bridgehead atoms. The summed E-state index contributed by atoms with van der Waals surface area (Å²) in [4.78, 5) is 26.5. The number of H-pyrrole nitrogens is 1. The van der Waals surface area contributed by atoms with Gasteiger partial charge in [0.25, 0.3) is 5.56 Å². The van der Waals surface area contributed by atoms with E-state index in [1.165, 1.54) is 7.11 Å². The number of benzene rings is 1. The summed E-state index contributed by atoms with van der Waals surface area (Å²) in [5.74, 6) is 1.13. The van der Waals surface area contributed by atoms with Crippen LogP contribution in [-0.4, -0.2) is 18.1 Å². The van der Waals surface area contributed by atoms with Gasteiger partial charge in [-0.05, 0) is 11.6 Å². The fourth-order valence-corrected chi connectivity index (χ4v) is 3.43. The number of carbonyl (C=O) groups excluding carboxylic acids is 1. The molecule has 0 spiro atoms. The zero-order valence-electron chi connectivity index (χ0n) is 9.78. The molecule has 0 saturated carbocycles. The quantitative estimate of drug-likeness (QED) is 0.798. The molecular formula is C13H11NO3S. The molecule has 18 heavy (non-hydrogen) atoms. The normalized spacial score (nSPS) is 13.6. The number of nitrogens with one attached hydrogen (secondary N) is 1. The topological polar surface area (TPSA) is 59.2 Å². The van der Waals surface area contributed by atoms with Crippen molar-refractivity contribution in [2.45, 2.75) is 11.5 Å². The third kappa shape index (κ3) is 1.54. The Morgan fingerprint density at radius 2 is 2.11 bits per heavy atom. The molecule has 1 aromatic carbocycles. The fourth-order valence-electron chi connectivity index (χ4n) is 2.28. The molecule has 0 amide bonds. The highest BCUT2D eigenvalue weighted by Gasteiger charge is 2.21. The first kappa shape index (κ1) is 11.3. The van der Waals surface area contributed by atoms with Crippen LogP contribution in [0.1, 0.15) is 21.5 Å². The summed E-state index contributed by atoms with van der Waals surface area (Å²) in [5, 5.41) is 0.942. The third-order valence-corrected chi connectivity index (χ3v) is 4.15. The van der Waals surface area contributed by atoms with Crippen LogP contribution in [0.25, 0.3) is 10.9 Å². The van der Waals surface area contributed by atoms with Gasteiger partial charge in [0.15, 0.2) is 0 Å². The number of para-hydroxylation sites is 1.